The minimum absolute atomic E-state index is 0.297. The zero-order valence-electron chi connectivity index (χ0n) is 14.5. The molecule has 2 atom stereocenters. The third-order valence-corrected chi connectivity index (χ3v) is 5.52. The predicted octanol–water partition coefficient (Wildman–Crippen LogP) is 3.48. The van der Waals surface area contributed by atoms with Crippen LogP contribution in [0.5, 0.6) is 0 Å². The molecule has 1 saturated carbocycles. The van der Waals surface area contributed by atoms with Gasteiger partial charge in [0.25, 0.3) is 0 Å². The molecule has 2 aromatic carbocycles. The lowest BCUT2D eigenvalue weighted by molar-refractivity contribution is 0.410. The molecule has 1 aliphatic heterocycles. The molecule has 4 heteroatoms. The first-order valence-electron chi connectivity index (χ1n) is 9.19. The van der Waals surface area contributed by atoms with E-state index >= 15 is 0 Å². The summed E-state index contributed by atoms with van der Waals surface area (Å²) in [5.74, 6) is 0. The highest BCUT2D eigenvalue weighted by Gasteiger charge is 2.38. The summed E-state index contributed by atoms with van der Waals surface area (Å²) < 4.78 is 0. The Labute approximate surface area is 149 Å². The van der Waals surface area contributed by atoms with E-state index in [4.69, 9.17) is 11.5 Å². The van der Waals surface area contributed by atoms with Crippen LogP contribution in [0.25, 0.3) is 0 Å². The average molecular weight is 334 g/mol. The van der Waals surface area contributed by atoms with E-state index in [1.807, 2.05) is 24.3 Å². The topological polar surface area (TPSA) is 76.4 Å². The first-order chi connectivity index (χ1) is 12.1. The smallest absolute Gasteiger partial charge is 0.0677 e. The first kappa shape index (κ1) is 16.3. The molecule has 4 rings (SSSR count). The Morgan fingerprint density at radius 3 is 2.72 bits per heavy atom. The Morgan fingerprint density at radius 1 is 1.08 bits per heavy atom. The molecule has 1 aliphatic carbocycles. The van der Waals surface area contributed by atoms with Crippen LogP contribution < -0.4 is 16.8 Å². The third kappa shape index (κ3) is 3.20. The van der Waals surface area contributed by atoms with Gasteiger partial charge in [0, 0.05) is 17.9 Å². The molecule has 0 amide bonds. The molecule has 5 N–H and O–H groups in total. The third-order valence-electron chi connectivity index (χ3n) is 5.52. The summed E-state index contributed by atoms with van der Waals surface area (Å²) in [6.07, 6.45) is 7.66. The fourth-order valence-electron chi connectivity index (χ4n) is 4.08. The first-order valence-corrected chi connectivity index (χ1v) is 9.19. The minimum Gasteiger partial charge on any atom is -0.382 e. The van der Waals surface area contributed by atoms with E-state index in [1.54, 1.807) is 6.21 Å². The van der Waals surface area contributed by atoms with Crippen molar-refractivity contribution in [3.8, 4) is 0 Å². The second-order valence-electron chi connectivity index (χ2n) is 7.36. The quantitative estimate of drug-likeness (QED) is 0.801. The highest BCUT2D eigenvalue weighted by Crippen LogP contribution is 2.36. The van der Waals surface area contributed by atoms with Gasteiger partial charge in [-0.1, -0.05) is 43.2 Å². The van der Waals surface area contributed by atoms with E-state index in [1.165, 1.54) is 36.9 Å². The van der Waals surface area contributed by atoms with Gasteiger partial charge in [0.1, 0.15) is 0 Å². The van der Waals surface area contributed by atoms with Gasteiger partial charge in [0.15, 0.2) is 0 Å². The zero-order chi connectivity index (χ0) is 17.3. The number of fused-ring (bicyclic) bond motifs is 1. The van der Waals surface area contributed by atoms with Crippen LogP contribution in [-0.4, -0.2) is 18.3 Å². The summed E-state index contributed by atoms with van der Waals surface area (Å²) in [5, 5.41) is 3.66. The largest absolute Gasteiger partial charge is 0.382 e. The summed E-state index contributed by atoms with van der Waals surface area (Å²) in [4.78, 5) is 4.45. The maximum absolute atomic E-state index is 6.82. The lowest BCUT2D eigenvalue weighted by atomic mass is 9.77. The van der Waals surface area contributed by atoms with Crippen LogP contribution in [-0.2, 0) is 12.0 Å². The van der Waals surface area contributed by atoms with Gasteiger partial charge in [-0.15, -0.1) is 0 Å². The molecule has 0 saturated heterocycles. The number of nitrogens with zero attached hydrogens (tertiary/aromatic N) is 1. The number of nitrogens with one attached hydrogen (secondary N) is 1. The monoisotopic (exact) mass is 334 g/mol. The van der Waals surface area contributed by atoms with Crippen LogP contribution in [0.1, 0.15) is 36.8 Å². The molecule has 0 radical (unpaired) electrons. The van der Waals surface area contributed by atoms with Crippen LogP contribution in [0, 0.1) is 0 Å². The van der Waals surface area contributed by atoms with Gasteiger partial charge in [-0.05, 0) is 48.6 Å². The molecule has 0 bridgehead atoms. The number of anilines is 1. The Bertz CT molecular complexity index is 779. The maximum Gasteiger partial charge on any atom is 0.0677 e. The lowest BCUT2D eigenvalue weighted by Gasteiger charge is -2.37. The molecule has 0 aromatic heterocycles. The van der Waals surface area contributed by atoms with Crippen LogP contribution in [0.2, 0.25) is 0 Å². The van der Waals surface area contributed by atoms with Gasteiger partial charge < -0.3 is 16.8 Å². The zero-order valence-corrected chi connectivity index (χ0v) is 14.5. The average Bonchev–Trinajstić information content (AvgIpc) is 3.12. The van der Waals surface area contributed by atoms with Gasteiger partial charge in [0.05, 0.1) is 17.3 Å². The molecule has 1 fully saturated rings. The molecule has 130 valence electrons. The molecule has 2 aromatic rings. The Hall–Kier alpha value is -2.17. The summed E-state index contributed by atoms with van der Waals surface area (Å²) in [6.45, 7) is 0. The van der Waals surface area contributed by atoms with Crippen molar-refractivity contribution >= 4 is 17.6 Å². The van der Waals surface area contributed by atoms with Gasteiger partial charge in [0.2, 0.25) is 0 Å². The van der Waals surface area contributed by atoms with Gasteiger partial charge in [-0.25, -0.2) is 0 Å². The molecular weight excluding hydrogens is 308 g/mol. The van der Waals surface area contributed by atoms with Crippen molar-refractivity contribution in [3.63, 3.8) is 0 Å². The van der Waals surface area contributed by atoms with E-state index in [0.29, 0.717) is 12.5 Å². The normalized spacial score (nSPS) is 25.8. The number of hydrogen-bond donors (Lipinski definition) is 3. The molecule has 0 spiro atoms. The van der Waals surface area contributed by atoms with Crippen molar-refractivity contribution in [2.24, 2.45) is 16.5 Å². The van der Waals surface area contributed by atoms with Crippen molar-refractivity contribution in [1.29, 1.82) is 0 Å². The molecule has 25 heavy (non-hydrogen) atoms. The van der Waals surface area contributed by atoms with Crippen molar-refractivity contribution in [2.75, 3.05) is 5.32 Å². The molecule has 2 aliphatic rings. The van der Waals surface area contributed by atoms with E-state index < -0.39 is 5.54 Å². The number of hydrogen-bond acceptors (Lipinski definition) is 4. The van der Waals surface area contributed by atoms with Crippen LogP contribution >= 0.6 is 0 Å². The van der Waals surface area contributed by atoms with Gasteiger partial charge >= 0.3 is 0 Å². The fourth-order valence-corrected chi connectivity index (χ4v) is 4.08. The van der Waals surface area contributed by atoms with Gasteiger partial charge in [-0.3, -0.25) is 4.99 Å². The van der Waals surface area contributed by atoms with Crippen LogP contribution in [0.3, 0.4) is 0 Å². The summed E-state index contributed by atoms with van der Waals surface area (Å²) in [5.41, 5.74) is 16.9. The SMILES string of the molecule is NC1C=Nc2ccccc2C1(N)Cc1cccc(NC2CCCC2)c1. The Balaban J connectivity index is 1.59. The Morgan fingerprint density at radius 2 is 1.88 bits per heavy atom. The standard InChI is InChI=1S/C21H26N4/c22-20-14-24-19-11-4-3-10-18(19)21(20,23)13-15-6-5-9-17(12-15)25-16-7-1-2-8-16/h3-6,9-12,14,16,20,25H,1-2,7-8,13,22-23H2. The highest BCUT2D eigenvalue weighted by molar-refractivity contribution is 5.77. The molecule has 1 heterocycles. The summed E-state index contributed by atoms with van der Waals surface area (Å²) in [7, 11) is 0. The van der Waals surface area contributed by atoms with Crippen molar-refractivity contribution in [1.82, 2.24) is 0 Å². The number of nitrogens with two attached hydrogens (primary N) is 2. The Kier molecular flexibility index (Phi) is 4.32. The predicted molar refractivity (Wildman–Crippen MR) is 104 cm³/mol. The second-order valence-corrected chi connectivity index (χ2v) is 7.36. The minimum atomic E-state index is -0.635. The summed E-state index contributed by atoms with van der Waals surface area (Å²) in [6, 6.07) is 16.9. The van der Waals surface area contributed by atoms with Crippen molar-refractivity contribution in [3.05, 3.63) is 59.7 Å². The molecular formula is C21H26N4. The van der Waals surface area contributed by atoms with E-state index in [0.717, 1.165) is 11.3 Å². The summed E-state index contributed by atoms with van der Waals surface area (Å²) >= 11 is 0. The second kappa shape index (κ2) is 6.62. The van der Waals surface area contributed by atoms with E-state index in [2.05, 4.69) is 34.6 Å². The van der Waals surface area contributed by atoms with Crippen LogP contribution in [0.4, 0.5) is 11.4 Å². The van der Waals surface area contributed by atoms with E-state index in [-0.39, 0.29) is 6.04 Å². The highest BCUT2D eigenvalue weighted by atomic mass is 14.9. The number of rotatable bonds is 4. The molecule has 2 unspecified atom stereocenters. The number of para-hydroxylation sites is 1. The lowest BCUT2D eigenvalue weighted by Crippen LogP contribution is -2.56. The van der Waals surface area contributed by atoms with Crippen LogP contribution in [0.15, 0.2) is 53.5 Å². The maximum atomic E-state index is 6.82. The number of benzene rings is 2. The van der Waals surface area contributed by atoms with Crippen molar-refractivity contribution in [2.45, 2.75) is 49.7 Å². The number of aliphatic imine (C=N–C) groups is 1. The van der Waals surface area contributed by atoms with E-state index in [9.17, 15) is 0 Å². The molecule has 4 nitrogen and oxygen atoms in total. The van der Waals surface area contributed by atoms with Gasteiger partial charge in [-0.2, -0.15) is 0 Å². The van der Waals surface area contributed by atoms with Crippen molar-refractivity contribution < 1.29 is 0 Å². The fraction of sp³-hybridized carbons (Fsp3) is 0.381.